The van der Waals surface area contributed by atoms with E-state index in [4.69, 9.17) is 16.9 Å². The van der Waals surface area contributed by atoms with Crippen LogP contribution < -0.4 is 5.32 Å². The van der Waals surface area contributed by atoms with Crippen LogP contribution in [0.25, 0.3) is 0 Å². The molecule has 1 fully saturated rings. The maximum absolute atomic E-state index is 12.6. The number of nitriles is 1. The Morgan fingerprint density at radius 2 is 2.03 bits per heavy atom. The summed E-state index contributed by atoms with van der Waals surface area (Å²) in [7, 11) is 0. The molecule has 2 aromatic rings. The van der Waals surface area contributed by atoms with Gasteiger partial charge in [0, 0.05) is 23.7 Å². The van der Waals surface area contributed by atoms with Gasteiger partial charge < -0.3 is 5.32 Å². The molecule has 7 heteroatoms. The van der Waals surface area contributed by atoms with Gasteiger partial charge in [-0.3, -0.25) is 14.4 Å². The fourth-order valence-electron chi connectivity index (χ4n) is 4.24. The number of rotatable bonds is 9. The first-order valence-corrected chi connectivity index (χ1v) is 11.0. The average molecular weight is 428 g/mol. The van der Waals surface area contributed by atoms with E-state index in [0.717, 1.165) is 40.6 Å². The van der Waals surface area contributed by atoms with E-state index in [1.165, 1.54) is 12.8 Å². The lowest BCUT2D eigenvalue weighted by Crippen LogP contribution is -2.37. The van der Waals surface area contributed by atoms with Crippen molar-refractivity contribution in [1.82, 2.24) is 20.0 Å². The van der Waals surface area contributed by atoms with Crippen molar-refractivity contribution in [2.45, 2.75) is 58.5 Å². The number of hydrogen-bond donors (Lipinski definition) is 1. The standard InChI is InChI=1S/C23H30ClN5O/c1-17-19(18(2)29(27-17)15-7-12-25)10-11-23(30)26-16-22(28-13-5-6-14-28)20-8-3-4-9-21(20)24/h3-4,8-9,22H,5-7,10-11,13-16H2,1-2H3,(H,26,30). The largest absolute Gasteiger partial charge is 0.354 e. The maximum atomic E-state index is 12.6. The Hall–Kier alpha value is -2.36. The number of hydrogen-bond acceptors (Lipinski definition) is 4. The third-order valence-corrected chi connectivity index (χ3v) is 6.25. The second-order valence-electron chi connectivity index (χ2n) is 7.87. The quantitative estimate of drug-likeness (QED) is 0.657. The summed E-state index contributed by atoms with van der Waals surface area (Å²) in [5.41, 5.74) is 4.16. The van der Waals surface area contributed by atoms with Gasteiger partial charge in [0.15, 0.2) is 0 Å². The highest BCUT2D eigenvalue weighted by Crippen LogP contribution is 2.29. The maximum Gasteiger partial charge on any atom is 0.220 e. The smallest absolute Gasteiger partial charge is 0.220 e. The summed E-state index contributed by atoms with van der Waals surface area (Å²) in [6.07, 6.45) is 3.87. The van der Waals surface area contributed by atoms with Crippen molar-refractivity contribution in [2.75, 3.05) is 19.6 Å². The van der Waals surface area contributed by atoms with Crippen molar-refractivity contribution in [1.29, 1.82) is 5.26 Å². The van der Waals surface area contributed by atoms with Crippen molar-refractivity contribution in [3.63, 3.8) is 0 Å². The number of aromatic nitrogens is 2. The highest BCUT2D eigenvalue weighted by Gasteiger charge is 2.25. The zero-order chi connectivity index (χ0) is 21.5. The van der Waals surface area contributed by atoms with Crippen molar-refractivity contribution >= 4 is 17.5 Å². The van der Waals surface area contributed by atoms with Crippen molar-refractivity contribution in [2.24, 2.45) is 0 Å². The summed E-state index contributed by atoms with van der Waals surface area (Å²) in [5.74, 6) is 0.0369. The molecule has 1 aliphatic heterocycles. The number of likely N-dealkylation sites (tertiary alicyclic amines) is 1. The van der Waals surface area contributed by atoms with Gasteiger partial charge in [0.1, 0.15) is 0 Å². The molecule has 1 aromatic heterocycles. The molecule has 1 N–H and O–H groups in total. The minimum atomic E-state index is 0.0369. The summed E-state index contributed by atoms with van der Waals surface area (Å²) in [6.45, 7) is 7.18. The van der Waals surface area contributed by atoms with Crippen molar-refractivity contribution in [3.8, 4) is 6.07 Å². The van der Waals surface area contributed by atoms with Crippen LogP contribution in [0.15, 0.2) is 24.3 Å². The van der Waals surface area contributed by atoms with Crippen LogP contribution in [0.2, 0.25) is 5.02 Å². The Labute approximate surface area is 183 Å². The molecule has 1 aromatic carbocycles. The van der Waals surface area contributed by atoms with Gasteiger partial charge in [-0.15, -0.1) is 0 Å². The first kappa shape index (κ1) is 22.3. The minimum Gasteiger partial charge on any atom is -0.354 e. The van der Waals surface area contributed by atoms with Crippen LogP contribution in [0.1, 0.15) is 54.2 Å². The van der Waals surface area contributed by atoms with E-state index in [1.54, 1.807) is 0 Å². The molecule has 160 valence electrons. The average Bonchev–Trinajstić information content (AvgIpc) is 3.35. The molecule has 0 radical (unpaired) electrons. The van der Waals surface area contributed by atoms with Crippen LogP contribution in [-0.4, -0.2) is 40.2 Å². The molecule has 1 atom stereocenters. The third kappa shape index (κ3) is 5.41. The lowest BCUT2D eigenvalue weighted by atomic mass is 10.0. The Kier molecular flexibility index (Phi) is 7.89. The number of halogens is 1. The van der Waals surface area contributed by atoms with Gasteiger partial charge in [0.25, 0.3) is 0 Å². The topological polar surface area (TPSA) is 73.9 Å². The molecule has 6 nitrogen and oxygen atoms in total. The molecule has 1 saturated heterocycles. The molecule has 3 rings (SSSR count). The van der Waals surface area contributed by atoms with Gasteiger partial charge in [-0.1, -0.05) is 29.8 Å². The first-order valence-electron chi connectivity index (χ1n) is 10.7. The molecule has 30 heavy (non-hydrogen) atoms. The Morgan fingerprint density at radius 3 is 2.73 bits per heavy atom. The van der Waals surface area contributed by atoms with Crippen LogP contribution in [0, 0.1) is 25.2 Å². The van der Waals surface area contributed by atoms with E-state index < -0.39 is 0 Å². The zero-order valence-corrected chi connectivity index (χ0v) is 18.6. The zero-order valence-electron chi connectivity index (χ0n) is 17.8. The fourth-order valence-corrected chi connectivity index (χ4v) is 4.50. The second-order valence-corrected chi connectivity index (χ2v) is 8.27. The number of nitrogens with zero attached hydrogens (tertiary/aromatic N) is 4. The van der Waals surface area contributed by atoms with E-state index in [9.17, 15) is 4.79 Å². The molecule has 0 spiro atoms. The van der Waals surface area contributed by atoms with E-state index in [2.05, 4.69) is 27.5 Å². The molecular formula is C23H30ClN5O. The Balaban J connectivity index is 1.59. The lowest BCUT2D eigenvalue weighted by molar-refractivity contribution is -0.121. The number of nitrogens with one attached hydrogen (secondary N) is 1. The first-order chi connectivity index (χ1) is 14.5. The van der Waals surface area contributed by atoms with E-state index in [0.29, 0.717) is 32.4 Å². The van der Waals surface area contributed by atoms with Crippen LogP contribution in [-0.2, 0) is 17.8 Å². The fraction of sp³-hybridized carbons (Fsp3) is 0.522. The molecule has 2 heterocycles. The van der Waals surface area contributed by atoms with Crippen molar-refractivity contribution < 1.29 is 4.79 Å². The molecule has 1 amide bonds. The lowest BCUT2D eigenvalue weighted by Gasteiger charge is -2.29. The summed E-state index contributed by atoms with van der Waals surface area (Å²) in [6, 6.07) is 10.2. The minimum absolute atomic E-state index is 0.0369. The number of carbonyl (C=O) groups excluding carboxylic acids is 1. The van der Waals surface area contributed by atoms with Gasteiger partial charge >= 0.3 is 0 Å². The molecule has 0 bridgehead atoms. The van der Waals surface area contributed by atoms with Crippen molar-refractivity contribution in [3.05, 3.63) is 51.8 Å². The summed E-state index contributed by atoms with van der Waals surface area (Å²) >= 11 is 6.46. The van der Waals surface area contributed by atoms with Gasteiger partial charge in [0.05, 0.1) is 30.8 Å². The van der Waals surface area contributed by atoms with Crippen LogP contribution in [0.5, 0.6) is 0 Å². The van der Waals surface area contributed by atoms with Crippen LogP contribution >= 0.6 is 11.6 Å². The predicted molar refractivity (Wildman–Crippen MR) is 118 cm³/mol. The summed E-state index contributed by atoms with van der Waals surface area (Å²) < 4.78 is 1.87. The molecule has 0 aliphatic carbocycles. The van der Waals surface area contributed by atoms with Gasteiger partial charge in [-0.2, -0.15) is 10.4 Å². The van der Waals surface area contributed by atoms with Gasteiger partial charge in [-0.25, -0.2) is 0 Å². The highest BCUT2D eigenvalue weighted by molar-refractivity contribution is 6.31. The Bertz CT molecular complexity index is 911. The van der Waals surface area contributed by atoms with E-state index >= 15 is 0 Å². The number of amides is 1. The predicted octanol–water partition coefficient (Wildman–Crippen LogP) is 3.95. The van der Waals surface area contributed by atoms with Crippen LogP contribution in [0.4, 0.5) is 0 Å². The summed E-state index contributed by atoms with van der Waals surface area (Å²) in [5, 5.41) is 17.2. The molecule has 1 aliphatic rings. The van der Waals surface area contributed by atoms with E-state index in [1.807, 2.05) is 36.7 Å². The number of carbonyl (C=O) groups is 1. The molecule has 0 saturated carbocycles. The second kappa shape index (κ2) is 10.6. The third-order valence-electron chi connectivity index (χ3n) is 5.91. The van der Waals surface area contributed by atoms with Crippen LogP contribution in [0.3, 0.4) is 0 Å². The number of benzene rings is 1. The van der Waals surface area contributed by atoms with Gasteiger partial charge in [-0.05, 0) is 63.4 Å². The summed E-state index contributed by atoms with van der Waals surface area (Å²) in [4.78, 5) is 15.0. The number of aryl methyl sites for hydroxylation is 2. The van der Waals surface area contributed by atoms with E-state index in [-0.39, 0.29) is 11.9 Å². The monoisotopic (exact) mass is 427 g/mol. The Morgan fingerprint density at radius 1 is 1.30 bits per heavy atom. The SMILES string of the molecule is Cc1nn(CCC#N)c(C)c1CCC(=O)NCC(c1ccccc1Cl)N1CCCC1. The molecule has 1 unspecified atom stereocenters. The van der Waals surface area contributed by atoms with Gasteiger partial charge in [0.2, 0.25) is 5.91 Å². The molecular weight excluding hydrogens is 398 g/mol. The highest BCUT2D eigenvalue weighted by atomic mass is 35.5. The normalized spacial score (nSPS) is 15.1.